The van der Waals surface area contributed by atoms with Crippen LogP contribution in [0.25, 0.3) is 0 Å². The summed E-state index contributed by atoms with van der Waals surface area (Å²) in [6.45, 7) is 0.195. The van der Waals surface area contributed by atoms with E-state index in [1.54, 1.807) is 56.6 Å². The van der Waals surface area contributed by atoms with Crippen LogP contribution in [0.1, 0.15) is 15.9 Å². The largest absolute Gasteiger partial charge is 0.496 e. The highest BCUT2D eigenvalue weighted by Gasteiger charge is 2.14. The number of hydrogen-bond acceptors (Lipinski definition) is 3. The zero-order chi connectivity index (χ0) is 18.4. The normalized spacial score (nSPS) is 10.2. The van der Waals surface area contributed by atoms with Gasteiger partial charge in [0, 0.05) is 34.8 Å². The van der Waals surface area contributed by atoms with Crippen molar-refractivity contribution in [2.75, 3.05) is 20.7 Å². The maximum atomic E-state index is 12.2. The van der Waals surface area contributed by atoms with Crippen molar-refractivity contribution in [1.29, 1.82) is 0 Å². The first-order chi connectivity index (χ1) is 11.9. The van der Waals surface area contributed by atoms with E-state index in [0.717, 1.165) is 5.56 Å². The molecule has 132 valence electrons. The lowest BCUT2D eigenvalue weighted by atomic mass is 10.2. The molecule has 0 spiro atoms. The van der Waals surface area contributed by atoms with Crippen LogP contribution in [0.15, 0.2) is 42.5 Å². The van der Waals surface area contributed by atoms with Crippen LogP contribution >= 0.6 is 23.2 Å². The first-order valence-corrected chi connectivity index (χ1v) is 8.26. The maximum Gasteiger partial charge on any atom is 0.251 e. The average molecular weight is 381 g/mol. The van der Waals surface area contributed by atoms with Crippen molar-refractivity contribution in [2.45, 2.75) is 6.54 Å². The summed E-state index contributed by atoms with van der Waals surface area (Å²) in [5.74, 6) is 0.0500. The van der Waals surface area contributed by atoms with Crippen molar-refractivity contribution in [3.8, 4) is 5.75 Å². The lowest BCUT2D eigenvalue weighted by Crippen LogP contribution is -2.37. The summed E-state index contributed by atoms with van der Waals surface area (Å²) in [7, 11) is 3.20. The van der Waals surface area contributed by atoms with Gasteiger partial charge in [0.05, 0.1) is 13.7 Å². The molecule has 0 aromatic heterocycles. The summed E-state index contributed by atoms with van der Waals surface area (Å²) >= 11 is 11.8. The number of methoxy groups -OCH3 is 1. The van der Waals surface area contributed by atoms with Crippen LogP contribution in [0.3, 0.4) is 0 Å². The fraction of sp³-hybridized carbons (Fsp3) is 0.222. The monoisotopic (exact) mass is 380 g/mol. The number of hydrogen-bond donors (Lipinski definition) is 1. The van der Waals surface area contributed by atoms with Crippen LogP contribution in [0.5, 0.6) is 5.75 Å². The number of halogens is 2. The predicted octanol–water partition coefficient (Wildman–Crippen LogP) is 3.39. The molecule has 2 aromatic carbocycles. The molecule has 0 saturated carbocycles. The highest BCUT2D eigenvalue weighted by molar-refractivity contribution is 6.31. The summed E-state index contributed by atoms with van der Waals surface area (Å²) in [6.07, 6.45) is 0. The average Bonchev–Trinajstić information content (AvgIpc) is 2.59. The SMILES string of the molecule is COc1ccc(Cl)cc1CN(C)C(=O)CNC(=O)c1cccc(Cl)c1. The molecule has 2 rings (SSSR count). The molecule has 2 amide bonds. The van der Waals surface area contributed by atoms with E-state index in [1.807, 2.05) is 0 Å². The van der Waals surface area contributed by atoms with E-state index in [1.165, 1.54) is 4.90 Å². The van der Waals surface area contributed by atoms with Crippen molar-refractivity contribution < 1.29 is 14.3 Å². The van der Waals surface area contributed by atoms with Crippen molar-refractivity contribution in [1.82, 2.24) is 10.2 Å². The van der Waals surface area contributed by atoms with Crippen molar-refractivity contribution in [3.05, 3.63) is 63.6 Å². The zero-order valence-electron chi connectivity index (χ0n) is 13.9. The Hall–Kier alpha value is -2.24. The molecule has 5 nitrogen and oxygen atoms in total. The first-order valence-electron chi connectivity index (χ1n) is 7.51. The van der Waals surface area contributed by atoms with Crippen molar-refractivity contribution in [2.24, 2.45) is 0 Å². The van der Waals surface area contributed by atoms with Crippen LogP contribution in [-0.2, 0) is 11.3 Å². The second kappa shape index (κ2) is 8.74. The van der Waals surface area contributed by atoms with Gasteiger partial charge in [0.15, 0.2) is 0 Å². The molecule has 0 heterocycles. The second-order valence-corrected chi connectivity index (χ2v) is 6.27. The predicted molar refractivity (Wildman–Crippen MR) is 98.3 cm³/mol. The Morgan fingerprint density at radius 3 is 2.52 bits per heavy atom. The van der Waals surface area contributed by atoms with Crippen LogP contribution < -0.4 is 10.1 Å². The third kappa shape index (κ3) is 5.37. The Morgan fingerprint density at radius 1 is 1.12 bits per heavy atom. The van der Waals surface area contributed by atoms with Gasteiger partial charge in [-0.25, -0.2) is 0 Å². The van der Waals surface area contributed by atoms with E-state index in [0.29, 0.717) is 27.9 Å². The molecule has 2 aromatic rings. The van der Waals surface area contributed by atoms with Gasteiger partial charge in [-0.3, -0.25) is 9.59 Å². The Morgan fingerprint density at radius 2 is 1.84 bits per heavy atom. The van der Waals surface area contributed by atoms with Crippen LogP contribution in [0, 0.1) is 0 Å². The van der Waals surface area contributed by atoms with Crippen LogP contribution in [0.2, 0.25) is 10.0 Å². The molecular formula is C18H18Cl2N2O3. The molecule has 7 heteroatoms. The van der Waals surface area contributed by atoms with Gasteiger partial charge in [-0.15, -0.1) is 0 Å². The van der Waals surface area contributed by atoms with Gasteiger partial charge in [-0.1, -0.05) is 29.3 Å². The summed E-state index contributed by atoms with van der Waals surface area (Å²) < 4.78 is 5.27. The summed E-state index contributed by atoms with van der Waals surface area (Å²) in [4.78, 5) is 25.8. The van der Waals surface area contributed by atoms with Gasteiger partial charge >= 0.3 is 0 Å². The minimum absolute atomic E-state index is 0.120. The van der Waals surface area contributed by atoms with E-state index in [9.17, 15) is 9.59 Å². The molecule has 0 aliphatic rings. The number of amides is 2. The van der Waals surface area contributed by atoms with Gasteiger partial charge in [-0.2, -0.15) is 0 Å². The van der Waals surface area contributed by atoms with E-state index in [-0.39, 0.29) is 18.4 Å². The van der Waals surface area contributed by atoms with E-state index < -0.39 is 0 Å². The lowest BCUT2D eigenvalue weighted by molar-refractivity contribution is -0.129. The Kier molecular flexibility index (Phi) is 6.67. The minimum Gasteiger partial charge on any atom is -0.496 e. The minimum atomic E-state index is -0.357. The standard InChI is InChI=1S/C18H18Cl2N2O3/c1-22(11-13-9-15(20)6-7-16(13)25-2)17(23)10-21-18(24)12-4-3-5-14(19)8-12/h3-9H,10-11H2,1-2H3,(H,21,24). The van der Waals surface area contributed by atoms with Crippen LogP contribution in [0.4, 0.5) is 0 Å². The highest BCUT2D eigenvalue weighted by atomic mass is 35.5. The Labute approximate surface area is 156 Å². The smallest absolute Gasteiger partial charge is 0.251 e. The molecular weight excluding hydrogens is 363 g/mol. The van der Waals surface area contributed by atoms with Gasteiger partial charge in [0.25, 0.3) is 5.91 Å². The molecule has 0 saturated heterocycles. The molecule has 0 bridgehead atoms. The van der Waals surface area contributed by atoms with Gasteiger partial charge in [0.2, 0.25) is 5.91 Å². The zero-order valence-corrected chi connectivity index (χ0v) is 15.4. The third-order valence-corrected chi connectivity index (χ3v) is 4.03. The number of nitrogens with one attached hydrogen (secondary N) is 1. The van der Waals surface area contributed by atoms with Crippen molar-refractivity contribution in [3.63, 3.8) is 0 Å². The number of rotatable bonds is 6. The number of nitrogens with zero attached hydrogens (tertiary/aromatic N) is 1. The molecule has 0 aliphatic heterocycles. The molecule has 0 unspecified atom stereocenters. The number of likely N-dealkylation sites (N-methyl/N-ethyl adjacent to an activating group) is 1. The molecule has 0 fully saturated rings. The second-order valence-electron chi connectivity index (χ2n) is 5.40. The number of ether oxygens (including phenoxy) is 1. The topological polar surface area (TPSA) is 58.6 Å². The van der Waals surface area contributed by atoms with Gasteiger partial charge in [-0.05, 0) is 36.4 Å². The number of benzene rings is 2. The number of carbonyl (C=O) groups excluding carboxylic acids is 2. The molecule has 0 aliphatic carbocycles. The lowest BCUT2D eigenvalue weighted by Gasteiger charge is -2.19. The summed E-state index contributed by atoms with van der Waals surface area (Å²) in [5.41, 5.74) is 1.19. The fourth-order valence-electron chi connectivity index (χ4n) is 2.24. The van der Waals surface area contributed by atoms with Gasteiger partial charge < -0.3 is 15.0 Å². The van der Waals surface area contributed by atoms with Crippen LogP contribution in [-0.4, -0.2) is 37.4 Å². The third-order valence-electron chi connectivity index (χ3n) is 3.56. The fourth-order valence-corrected chi connectivity index (χ4v) is 2.62. The summed E-state index contributed by atoms with van der Waals surface area (Å²) in [5, 5.41) is 3.61. The summed E-state index contributed by atoms with van der Waals surface area (Å²) in [6, 6.07) is 11.7. The van der Waals surface area contributed by atoms with E-state index in [2.05, 4.69) is 5.32 Å². The van der Waals surface area contributed by atoms with E-state index >= 15 is 0 Å². The van der Waals surface area contributed by atoms with Crippen molar-refractivity contribution >= 4 is 35.0 Å². The number of carbonyl (C=O) groups is 2. The molecule has 1 N–H and O–H groups in total. The Balaban J connectivity index is 1.94. The van der Waals surface area contributed by atoms with E-state index in [4.69, 9.17) is 27.9 Å². The molecule has 25 heavy (non-hydrogen) atoms. The highest BCUT2D eigenvalue weighted by Crippen LogP contribution is 2.23. The Bertz CT molecular complexity index is 781. The van der Waals surface area contributed by atoms with Gasteiger partial charge in [0.1, 0.15) is 5.75 Å². The quantitative estimate of drug-likeness (QED) is 0.835. The first kappa shape index (κ1) is 19.1. The molecule has 0 atom stereocenters. The maximum absolute atomic E-state index is 12.2. The molecule has 0 radical (unpaired) electrons.